The van der Waals surface area contributed by atoms with Gasteiger partial charge in [0.1, 0.15) is 11.9 Å². The summed E-state index contributed by atoms with van der Waals surface area (Å²) in [6.45, 7) is 2.32. The number of nitrogens with one attached hydrogen (secondary N) is 2. The summed E-state index contributed by atoms with van der Waals surface area (Å²) in [4.78, 5) is 25.1. The summed E-state index contributed by atoms with van der Waals surface area (Å²) in [5.41, 5.74) is 5.06. The maximum atomic E-state index is 14.0. The number of amides is 1. The van der Waals surface area contributed by atoms with E-state index in [-0.39, 0.29) is 36.1 Å². The second kappa shape index (κ2) is 12.7. The molecule has 1 atom stereocenters. The first kappa shape index (κ1) is 29.8. The molecule has 1 heterocycles. The van der Waals surface area contributed by atoms with Crippen molar-refractivity contribution in [2.45, 2.75) is 37.2 Å². The maximum Gasteiger partial charge on any atom is 0.307 e. The second-order valence-electron chi connectivity index (χ2n) is 10.3. The lowest BCUT2D eigenvalue weighted by Crippen LogP contribution is -2.47. The normalized spacial score (nSPS) is 14.2. The van der Waals surface area contributed by atoms with E-state index in [1.165, 1.54) is 35.7 Å². The van der Waals surface area contributed by atoms with E-state index in [1.54, 1.807) is 37.3 Å². The first-order valence-corrected chi connectivity index (χ1v) is 15.3. The Kier molecular flexibility index (Phi) is 8.77. The van der Waals surface area contributed by atoms with Gasteiger partial charge < -0.3 is 15.4 Å². The Bertz CT molecular complexity index is 1760. The highest BCUT2D eigenvalue weighted by atomic mass is 32.2. The van der Waals surface area contributed by atoms with Crippen molar-refractivity contribution < 1.29 is 27.1 Å². The monoisotopic (exact) mass is 601 g/mol. The summed E-state index contributed by atoms with van der Waals surface area (Å²) in [5.74, 6) is -1.10. The van der Waals surface area contributed by atoms with Crippen LogP contribution in [0.4, 0.5) is 15.8 Å². The predicted molar refractivity (Wildman–Crippen MR) is 164 cm³/mol. The number of ether oxygens (including phenoxy) is 1. The zero-order valence-corrected chi connectivity index (χ0v) is 24.7. The van der Waals surface area contributed by atoms with Crippen LogP contribution in [0.1, 0.15) is 23.1 Å². The Morgan fingerprint density at radius 1 is 0.977 bits per heavy atom. The van der Waals surface area contributed by atoms with Gasteiger partial charge in [-0.15, -0.1) is 0 Å². The topological polar surface area (TPSA) is 105 Å². The molecule has 2 N–H and O–H groups in total. The summed E-state index contributed by atoms with van der Waals surface area (Å²) in [6.07, 6.45) is 0.419. The van der Waals surface area contributed by atoms with Crippen LogP contribution in [0.3, 0.4) is 0 Å². The molecule has 10 heteroatoms. The minimum atomic E-state index is -4.12. The van der Waals surface area contributed by atoms with Crippen LogP contribution in [0, 0.1) is 12.7 Å². The number of anilines is 2. The Morgan fingerprint density at radius 3 is 2.44 bits per heavy atom. The van der Waals surface area contributed by atoms with E-state index in [4.69, 9.17) is 0 Å². The highest BCUT2D eigenvalue weighted by Gasteiger charge is 2.42. The van der Waals surface area contributed by atoms with Crippen molar-refractivity contribution in [3.05, 3.63) is 114 Å². The average Bonchev–Trinajstić information content (AvgIpc) is 3.41. The zero-order chi connectivity index (χ0) is 30.6. The van der Waals surface area contributed by atoms with Gasteiger partial charge in [0, 0.05) is 25.2 Å². The molecule has 0 saturated heterocycles. The lowest BCUT2D eigenvalue weighted by Gasteiger charge is -2.26. The highest BCUT2D eigenvalue weighted by molar-refractivity contribution is 7.93. The number of methoxy groups -OCH3 is 1. The van der Waals surface area contributed by atoms with Crippen molar-refractivity contribution in [3.63, 3.8) is 0 Å². The summed E-state index contributed by atoms with van der Waals surface area (Å²) in [6, 6.07) is 24.4. The standard InChI is InChI=1S/C33H32FN3O5S/c1-22-19-26(34)13-16-28(22)23-11-14-27(15-12-23)43(40,41)37-30-10-6-4-7-24(30)20-31(37)33(39)36-21-25-8-3-5-9-29(25)35-18-17-32(38)42-2/h3-16,19,31,35H,17-18,20-21H2,1-2H3,(H,36,39)/t31-/m0/s1. The second-order valence-corrected chi connectivity index (χ2v) is 12.1. The number of benzene rings is 4. The largest absolute Gasteiger partial charge is 0.469 e. The van der Waals surface area contributed by atoms with Gasteiger partial charge in [0.2, 0.25) is 5.91 Å². The number of fused-ring (bicyclic) bond motifs is 1. The molecule has 0 radical (unpaired) electrons. The number of sulfonamides is 1. The molecule has 0 spiro atoms. The number of nitrogens with zero attached hydrogens (tertiary/aromatic N) is 1. The van der Waals surface area contributed by atoms with Gasteiger partial charge in [0.05, 0.1) is 24.1 Å². The predicted octanol–water partition coefficient (Wildman–Crippen LogP) is 5.21. The van der Waals surface area contributed by atoms with E-state index < -0.39 is 22.0 Å². The van der Waals surface area contributed by atoms with E-state index in [0.29, 0.717) is 12.2 Å². The van der Waals surface area contributed by atoms with Crippen LogP contribution in [-0.4, -0.2) is 40.0 Å². The number of aryl methyl sites for hydroxylation is 1. The fourth-order valence-corrected chi connectivity index (χ4v) is 6.92. The summed E-state index contributed by atoms with van der Waals surface area (Å²) >= 11 is 0. The molecule has 0 fully saturated rings. The molecule has 222 valence electrons. The van der Waals surface area contributed by atoms with E-state index in [9.17, 15) is 22.4 Å². The fraction of sp³-hybridized carbons (Fsp3) is 0.212. The molecule has 1 aliphatic heterocycles. The molecule has 0 aliphatic carbocycles. The van der Waals surface area contributed by atoms with Gasteiger partial charge in [0.15, 0.2) is 0 Å². The molecule has 0 unspecified atom stereocenters. The molecule has 0 saturated carbocycles. The Morgan fingerprint density at radius 2 is 1.70 bits per heavy atom. The lowest BCUT2D eigenvalue weighted by atomic mass is 10.0. The fourth-order valence-electron chi connectivity index (χ4n) is 5.27. The Hall–Kier alpha value is -4.70. The quantitative estimate of drug-likeness (QED) is 0.242. The molecule has 43 heavy (non-hydrogen) atoms. The number of carbonyl (C=O) groups is 2. The number of carbonyl (C=O) groups excluding carboxylic acids is 2. The molecule has 1 aliphatic rings. The first-order chi connectivity index (χ1) is 20.7. The van der Waals surface area contributed by atoms with Gasteiger partial charge in [-0.25, -0.2) is 12.8 Å². The number of rotatable bonds is 10. The first-order valence-electron chi connectivity index (χ1n) is 13.8. The lowest BCUT2D eigenvalue weighted by molar-refractivity contribution is -0.140. The number of esters is 1. The number of hydrogen-bond donors (Lipinski definition) is 2. The third-order valence-corrected chi connectivity index (χ3v) is 9.32. The van der Waals surface area contributed by atoms with E-state index in [0.717, 1.165) is 33.5 Å². The van der Waals surface area contributed by atoms with Crippen LogP contribution < -0.4 is 14.9 Å². The van der Waals surface area contributed by atoms with Crippen molar-refractivity contribution in [1.29, 1.82) is 0 Å². The van der Waals surface area contributed by atoms with Gasteiger partial charge in [-0.1, -0.05) is 54.6 Å². The van der Waals surface area contributed by atoms with Gasteiger partial charge in [-0.2, -0.15) is 0 Å². The molecule has 5 rings (SSSR count). The molecule has 0 aromatic heterocycles. The van der Waals surface area contributed by atoms with Crippen LogP contribution >= 0.6 is 0 Å². The van der Waals surface area contributed by atoms with Crippen LogP contribution in [0.15, 0.2) is 95.9 Å². The SMILES string of the molecule is COC(=O)CCNc1ccccc1CNC(=O)[C@@H]1Cc2ccccc2N1S(=O)(=O)c1ccc(-c2ccc(F)cc2C)cc1. The van der Waals surface area contributed by atoms with Crippen LogP contribution in [0.25, 0.3) is 11.1 Å². The minimum absolute atomic E-state index is 0.0469. The molecule has 1 amide bonds. The third kappa shape index (κ3) is 6.39. The van der Waals surface area contributed by atoms with Crippen molar-refractivity contribution in [1.82, 2.24) is 5.32 Å². The van der Waals surface area contributed by atoms with E-state index >= 15 is 0 Å². The third-order valence-electron chi connectivity index (χ3n) is 7.48. The maximum absolute atomic E-state index is 14.0. The van der Waals surface area contributed by atoms with Crippen LogP contribution in [0.5, 0.6) is 0 Å². The van der Waals surface area contributed by atoms with Gasteiger partial charge in [-0.05, 0) is 71.1 Å². The van der Waals surface area contributed by atoms with Crippen molar-refractivity contribution in [2.75, 3.05) is 23.3 Å². The highest BCUT2D eigenvalue weighted by Crippen LogP contribution is 2.37. The molecular formula is C33H32FN3O5S. The van der Waals surface area contributed by atoms with Gasteiger partial charge >= 0.3 is 5.97 Å². The zero-order valence-electron chi connectivity index (χ0n) is 23.8. The molecule has 0 bridgehead atoms. The molecule has 4 aromatic rings. The molecule has 8 nitrogen and oxygen atoms in total. The average molecular weight is 602 g/mol. The number of halogens is 1. The molecule has 4 aromatic carbocycles. The summed E-state index contributed by atoms with van der Waals surface area (Å²) in [7, 11) is -2.79. The Balaban J connectivity index is 1.37. The molecular weight excluding hydrogens is 569 g/mol. The van der Waals surface area contributed by atoms with E-state index in [2.05, 4.69) is 15.4 Å². The van der Waals surface area contributed by atoms with Gasteiger partial charge in [-0.3, -0.25) is 13.9 Å². The number of hydrogen-bond acceptors (Lipinski definition) is 6. The van der Waals surface area contributed by atoms with Crippen molar-refractivity contribution in [3.8, 4) is 11.1 Å². The Labute approximate surface area is 250 Å². The summed E-state index contributed by atoms with van der Waals surface area (Å²) < 4.78 is 47.6. The van der Waals surface area contributed by atoms with Gasteiger partial charge in [0.25, 0.3) is 10.0 Å². The number of para-hydroxylation sites is 2. The van der Waals surface area contributed by atoms with E-state index in [1.807, 2.05) is 36.4 Å². The van der Waals surface area contributed by atoms with Crippen LogP contribution in [0.2, 0.25) is 0 Å². The summed E-state index contributed by atoms with van der Waals surface area (Å²) in [5, 5.41) is 6.10. The van der Waals surface area contributed by atoms with Crippen molar-refractivity contribution >= 4 is 33.3 Å². The minimum Gasteiger partial charge on any atom is -0.469 e. The van der Waals surface area contributed by atoms with Crippen molar-refractivity contribution in [2.24, 2.45) is 0 Å². The smallest absolute Gasteiger partial charge is 0.307 e. The van der Waals surface area contributed by atoms with Crippen LogP contribution in [-0.2, 0) is 37.3 Å².